The Morgan fingerprint density at radius 2 is 1.77 bits per heavy atom. The van der Waals surface area contributed by atoms with E-state index >= 15 is 0 Å². The van der Waals surface area contributed by atoms with Crippen LogP contribution >= 0.6 is 0 Å². The molecule has 0 bridgehead atoms. The molecule has 5 unspecified atom stereocenters. The summed E-state index contributed by atoms with van der Waals surface area (Å²) in [4.78, 5) is 30.8. The monoisotopic (exact) mass is 599 g/mol. The fourth-order valence-corrected chi connectivity index (χ4v) is 8.41. The molecule has 3 aliphatic carbocycles. The highest BCUT2D eigenvalue weighted by Gasteiger charge is 2.60. The third kappa shape index (κ3) is 4.48. The zero-order valence-corrected chi connectivity index (χ0v) is 25.8. The van der Waals surface area contributed by atoms with Crippen LogP contribution in [0.5, 0.6) is 5.75 Å². The van der Waals surface area contributed by atoms with Gasteiger partial charge >= 0.3 is 0 Å². The highest BCUT2D eigenvalue weighted by atomic mass is 16.3. The van der Waals surface area contributed by atoms with Crippen LogP contribution in [0, 0.1) is 17.8 Å². The fraction of sp³-hybridized carbons (Fsp3) is 0.429. The number of primary amides is 1. The fourth-order valence-electron chi connectivity index (χ4n) is 8.41. The van der Waals surface area contributed by atoms with Gasteiger partial charge in [-0.05, 0) is 93.9 Å². The third-order valence-corrected chi connectivity index (χ3v) is 10.3. The summed E-state index contributed by atoms with van der Waals surface area (Å²) in [7, 11) is 3.48. The average molecular weight is 600 g/mol. The molecule has 4 aliphatic rings. The summed E-state index contributed by atoms with van der Waals surface area (Å²) in [6.07, 6.45) is 5.16. The number of nitrogens with zero attached hydrogens (tertiary/aromatic N) is 2. The van der Waals surface area contributed by atoms with Gasteiger partial charge in [0.2, 0.25) is 0 Å². The van der Waals surface area contributed by atoms with Gasteiger partial charge in [-0.1, -0.05) is 36.4 Å². The van der Waals surface area contributed by atoms with Crippen LogP contribution in [0.1, 0.15) is 43.9 Å². The number of ketones is 1. The number of aliphatic hydroxyl groups excluding tert-OH is 2. The summed E-state index contributed by atoms with van der Waals surface area (Å²) in [5.74, 6) is -4.41. The molecule has 1 fully saturated rings. The van der Waals surface area contributed by atoms with Gasteiger partial charge in [-0.15, -0.1) is 0 Å². The van der Waals surface area contributed by atoms with Crippen molar-refractivity contribution in [3.8, 4) is 16.9 Å². The number of aromatic hydroxyl groups is 1. The summed E-state index contributed by atoms with van der Waals surface area (Å²) in [5, 5.41) is 45.5. The van der Waals surface area contributed by atoms with Gasteiger partial charge in [-0.25, -0.2) is 0 Å². The zero-order chi connectivity index (χ0) is 31.8. The number of carbonyl (C=O) groups excluding carboxylic acids is 2. The molecule has 9 heteroatoms. The lowest BCUT2D eigenvalue weighted by atomic mass is 9.55. The van der Waals surface area contributed by atoms with Gasteiger partial charge in [-0.3, -0.25) is 19.4 Å². The predicted molar refractivity (Wildman–Crippen MR) is 167 cm³/mol. The Kier molecular flexibility index (Phi) is 7.26. The maximum absolute atomic E-state index is 14.3. The van der Waals surface area contributed by atoms with E-state index in [1.54, 1.807) is 19.0 Å². The minimum atomic E-state index is -2.05. The molecule has 232 valence electrons. The van der Waals surface area contributed by atoms with E-state index in [0.717, 1.165) is 28.8 Å². The second-order valence-electron chi connectivity index (χ2n) is 13.3. The number of phenols is 1. The van der Waals surface area contributed by atoms with Crippen molar-refractivity contribution in [3.05, 3.63) is 82.1 Å². The van der Waals surface area contributed by atoms with Gasteiger partial charge in [0.1, 0.15) is 22.9 Å². The first kappa shape index (κ1) is 30.1. The first-order valence-corrected chi connectivity index (χ1v) is 15.2. The van der Waals surface area contributed by atoms with Gasteiger partial charge < -0.3 is 26.2 Å². The Morgan fingerprint density at radius 3 is 2.41 bits per heavy atom. The third-order valence-electron chi connectivity index (χ3n) is 10.3. The Hall–Kier alpha value is -3.92. The molecule has 6 rings (SSSR count). The van der Waals surface area contributed by atoms with Crippen LogP contribution in [-0.4, -0.2) is 79.7 Å². The Morgan fingerprint density at radius 1 is 1.09 bits per heavy atom. The summed E-state index contributed by atoms with van der Waals surface area (Å²) in [5.41, 5.74) is 7.20. The molecular weight excluding hydrogens is 558 g/mol. The van der Waals surface area contributed by atoms with E-state index in [4.69, 9.17) is 5.73 Å². The van der Waals surface area contributed by atoms with E-state index in [9.17, 15) is 30.0 Å². The lowest BCUT2D eigenvalue weighted by Crippen LogP contribution is -2.61. The zero-order valence-electron chi connectivity index (χ0n) is 25.8. The molecule has 1 saturated carbocycles. The first-order chi connectivity index (χ1) is 20.7. The standard InChI is InChI=1S/C35H41N3O6/c1-17-9-10-18(2)38(17)16-19-7-6-8-20(13-19)22-11-12-25(39)27-23(22)14-21-15-24-28(32(41)26(21)31(27)40)35(3,44)29(34(36)43)33(42)30(24)37(4)5/h6-13,17-18,21,24,28,30,39-40,42,44H,14-16H2,1-5H3,(H2,36,43)/t17?,18?,21?,24?,28?,30-,35+/m0/s1. The van der Waals surface area contributed by atoms with Crippen molar-refractivity contribution in [2.24, 2.45) is 23.5 Å². The van der Waals surface area contributed by atoms with Crippen molar-refractivity contribution in [2.45, 2.75) is 63.9 Å². The largest absolute Gasteiger partial charge is 0.510 e. The number of hydrogen-bond donors (Lipinski definition) is 5. The quantitative estimate of drug-likeness (QED) is 0.326. The van der Waals surface area contributed by atoms with Crippen molar-refractivity contribution in [1.29, 1.82) is 0 Å². The van der Waals surface area contributed by atoms with Crippen LogP contribution in [0.15, 0.2) is 65.5 Å². The highest BCUT2D eigenvalue weighted by Crippen LogP contribution is 2.54. The highest BCUT2D eigenvalue weighted by molar-refractivity contribution is 6.08. The molecule has 1 heterocycles. The predicted octanol–water partition coefficient (Wildman–Crippen LogP) is 3.85. The molecule has 0 spiro atoms. The molecular formula is C35H41N3O6. The molecule has 6 N–H and O–H groups in total. The number of rotatable bonds is 5. The number of hydrogen-bond acceptors (Lipinski definition) is 8. The van der Waals surface area contributed by atoms with E-state index in [-0.39, 0.29) is 34.0 Å². The Bertz CT molecular complexity index is 1640. The summed E-state index contributed by atoms with van der Waals surface area (Å²) < 4.78 is 0. The summed E-state index contributed by atoms with van der Waals surface area (Å²) in [6, 6.07) is 11.6. The average Bonchev–Trinajstić information content (AvgIpc) is 3.24. The molecule has 0 radical (unpaired) electrons. The van der Waals surface area contributed by atoms with Crippen molar-refractivity contribution in [2.75, 3.05) is 14.1 Å². The SMILES string of the molecule is CC1C=CC(C)N1Cc1cccc(-c2ccc(O)c3c2CC2CC4C(C(=O)C2=C3O)[C@@](C)(O)C(C(N)=O)=C(O)[C@H]4N(C)C)c1. The minimum Gasteiger partial charge on any atom is -0.510 e. The normalized spacial score (nSPS) is 31.8. The number of carbonyl (C=O) groups is 2. The number of aliphatic hydroxyl groups is 3. The van der Waals surface area contributed by atoms with Gasteiger partial charge in [0, 0.05) is 24.2 Å². The molecule has 7 atom stereocenters. The Labute approximate surface area is 257 Å². The smallest absolute Gasteiger partial charge is 0.251 e. The maximum atomic E-state index is 14.3. The van der Waals surface area contributed by atoms with Gasteiger partial charge in [-0.2, -0.15) is 0 Å². The van der Waals surface area contributed by atoms with Crippen molar-refractivity contribution < 1.29 is 30.0 Å². The minimum absolute atomic E-state index is 0.132. The summed E-state index contributed by atoms with van der Waals surface area (Å²) in [6.45, 7) is 6.45. The molecule has 1 aliphatic heterocycles. The van der Waals surface area contributed by atoms with E-state index in [1.807, 2.05) is 18.2 Å². The Balaban J connectivity index is 1.44. The van der Waals surface area contributed by atoms with E-state index in [2.05, 4.69) is 43.0 Å². The summed E-state index contributed by atoms with van der Waals surface area (Å²) >= 11 is 0. The van der Waals surface area contributed by atoms with Crippen LogP contribution in [0.25, 0.3) is 16.9 Å². The van der Waals surface area contributed by atoms with Crippen LogP contribution in [0.2, 0.25) is 0 Å². The second kappa shape index (κ2) is 10.6. The number of benzene rings is 2. The van der Waals surface area contributed by atoms with Crippen molar-refractivity contribution >= 4 is 17.4 Å². The van der Waals surface area contributed by atoms with Crippen LogP contribution in [0.3, 0.4) is 0 Å². The number of amides is 1. The molecule has 1 amide bonds. The van der Waals surface area contributed by atoms with E-state index in [0.29, 0.717) is 24.9 Å². The lowest BCUT2D eigenvalue weighted by Gasteiger charge is -2.52. The maximum Gasteiger partial charge on any atom is 0.251 e. The molecule has 44 heavy (non-hydrogen) atoms. The van der Waals surface area contributed by atoms with E-state index < -0.39 is 41.1 Å². The number of phenolic OH excluding ortho intramolecular Hbond substituents is 1. The molecule has 2 aromatic rings. The van der Waals surface area contributed by atoms with Crippen LogP contribution in [0.4, 0.5) is 0 Å². The van der Waals surface area contributed by atoms with Gasteiger partial charge in [0.25, 0.3) is 5.91 Å². The number of likely N-dealkylation sites (N-methyl/N-ethyl adjacent to an activating group) is 1. The van der Waals surface area contributed by atoms with Crippen LogP contribution < -0.4 is 5.73 Å². The van der Waals surface area contributed by atoms with Crippen molar-refractivity contribution in [1.82, 2.24) is 9.80 Å². The number of nitrogens with two attached hydrogens (primary N) is 1. The second-order valence-corrected chi connectivity index (χ2v) is 13.3. The molecule has 2 aromatic carbocycles. The van der Waals surface area contributed by atoms with Gasteiger partial charge in [0.15, 0.2) is 5.78 Å². The molecule has 0 aromatic heterocycles. The topological polar surface area (TPSA) is 148 Å². The number of Topliss-reactive ketones (excluding diaryl/α,β-unsaturated/α-hetero) is 1. The van der Waals surface area contributed by atoms with E-state index in [1.165, 1.54) is 13.0 Å². The van der Waals surface area contributed by atoms with Crippen molar-refractivity contribution in [3.63, 3.8) is 0 Å². The number of allylic oxidation sites excluding steroid dienone is 1. The molecule has 9 nitrogen and oxygen atoms in total. The van der Waals surface area contributed by atoms with Crippen LogP contribution in [-0.2, 0) is 22.6 Å². The molecule has 0 saturated heterocycles. The first-order valence-electron chi connectivity index (χ1n) is 15.2. The lowest BCUT2D eigenvalue weighted by molar-refractivity contribution is -0.139. The van der Waals surface area contributed by atoms with Gasteiger partial charge in [0.05, 0.1) is 23.1 Å². The number of fused-ring (bicyclic) bond motifs is 3.